The first-order chi connectivity index (χ1) is 9.11. The van der Waals surface area contributed by atoms with Crippen LogP contribution in [0, 0.1) is 0 Å². The van der Waals surface area contributed by atoms with Crippen molar-refractivity contribution in [2.24, 2.45) is 0 Å². The zero-order chi connectivity index (χ0) is 13.8. The highest BCUT2D eigenvalue weighted by molar-refractivity contribution is 5.90. The number of nitrogens with one attached hydrogen (secondary N) is 2. The van der Waals surface area contributed by atoms with Crippen molar-refractivity contribution in [2.45, 2.75) is 13.0 Å². The summed E-state index contributed by atoms with van der Waals surface area (Å²) in [6.07, 6.45) is 0. The molecule has 100 valence electrons. The van der Waals surface area contributed by atoms with E-state index in [1.165, 1.54) is 0 Å². The Bertz CT molecular complexity index is 581. The van der Waals surface area contributed by atoms with Gasteiger partial charge in [0.1, 0.15) is 5.75 Å². The Morgan fingerprint density at radius 3 is 2.84 bits per heavy atom. The Kier molecular flexibility index (Phi) is 3.65. The van der Waals surface area contributed by atoms with Crippen molar-refractivity contribution in [1.29, 1.82) is 0 Å². The predicted octanol–water partition coefficient (Wildman–Crippen LogP) is 0.886. The highest BCUT2D eigenvalue weighted by Crippen LogP contribution is 2.24. The van der Waals surface area contributed by atoms with E-state index < -0.39 is 0 Å². The number of methoxy groups -OCH3 is 1. The average Bonchev–Trinajstić information content (AvgIpc) is 2.85. The quantitative estimate of drug-likeness (QED) is 0.757. The van der Waals surface area contributed by atoms with Crippen LogP contribution in [-0.2, 0) is 0 Å². The van der Waals surface area contributed by atoms with Gasteiger partial charge in [-0.3, -0.25) is 9.89 Å². The number of aromatic nitrogens is 3. The highest BCUT2D eigenvalue weighted by atomic mass is 16.5. The molecule has 0 unspecified atom stereocenters. The van der Waals surface area contributed by atoms with E-state index in [1.807, 2.05) is 31.2 Å². The fourth-order valence-electron chi connectivity index (χ4n) is 1.74. The van der Waals surface area contributed by atoms with Crippen LogP contribution in [0.4, 0.5) is 5.95 Å². The largest absolute Gasteiger partial charge is 0.496 e. The van der Waals surface area contributed by atoms with Gasteiger partial charge in [0.15, 0.2) is 0 Å². The smallest absolute Gasteiger partial charge is 0.289 e. The topological polar surface area (TPSA) is 106 Å². The molecule has 7 nitrogen and oxygen atoms in total. The fourth-order valence-corrected chi connectivity index (χ4v) is 1.74. The van der Waals surface area contributed by atoms with Crippen LogP contribution in [0.3, 0.4) is 0 Å². The molecule has 0 spiro atoms. The van der Waals surface area contributed by atoms with Gasteiger partial charge in [0.2, 0.25) is 11.8 Å². The van der Waals surface area contributed by atoms with Gasteiger partial charge in [0.05, 0.1) is 13.2 Å². The van der Waals surface area contributed by atoms with Gasteiger partial charge < -0.3 is 15.8 Å². The van der Waals surface area contributed by atoms with Gasteiger partial charge in [0, 0.05) is 5.56 Å². The van der Waals surface area contributed by atoms with Gasteiger partial charge in [0.25, 0.3) is 5.91 Å². The minimum Gasteiger partial charge on any atom is -0.496 e. The van der Waals surface area contributed by atoms with E-state index in [0.29, 0.717) is 5.75 Å². The zero-order valence-corrected chi connectivity index (χ0v) is 10.7. The summed E-state index contributed by atoms with van der Waals surface area (Å²) in [5, 5.41) is 8.86. The van der Waals surface area contributed by atoms with Crippen LogP contribution in [0.15, 0.2) is 24.3 Å². The Hall–Kier alpha value is -2.57. The normalized spacial score (nSPS) is 11.9. The molecule has 0 bridgehead atoms. The maximum absolute atomic E-state index is 11.9. The summed E-state index contributed by atoms with van der Waals surface area (Å²) in [4.78, 5) is 15.7. The summed E-state index contributed by atoms with van der Waals surface area (Å²) in [5.74, 6) is 0.462. The number of para-hydroxylation sites is 1. The van der Waals surface area contributed by atoms with Crippen LogP contribution in [0.1, 0.15) is 29.1 Å². The van der Waals surface area contributed by atoms with E-state index in [4.69, 9.17) is 10.5 Å². The number of benzene rings is 1. The van der Waals surface area contributed by atoms with Crippen LogP contribution in [-0.4, -0.2) is 28.2 Å². The highest BCUT2D eigenvalue weighted by Gasteiger charge is 2.17. The van der Waals surface area contributed by atoms with Gasteiger partial charge in [-0.05, 0) is 13.0 Å². The molecule has 1 aromatic carbocycles. The number of ether oxygens (including phenoxy) is 1. The third-order valence-corrected chi connectivity index (χ3v) is 2.67. The SMILES string of the molecule is COc1ccccc1[C@@H](C)NC(=O)c1nc(N)n[nH]1. The lowest BCUT2D eigenvalue weighted by molar-refractivity contribution is 0.0929. The number of hydrogen-bond donors (Lipinski definition) is 3. The Labute approximate surface area is 110 Å². The summed E-state index contributed by atoms with van der Waals surface area (Å²) >= 11 is 0. The lowest BCUT2D eigenvalue weighted by atomic mass is 10.1. The zero-order valence-electron chi connectivity index (χ0n) is 10.7. The molecule has 4 N–H and O–H groups in total. The van der Waals surface area contributed by atoms with Crippen LogP contribution < -0.4 is 15.8 Å². The van der Waals surface area contributed by atoms with E-state index in [9.17, 15) is 4.79 Å². The first-order valence-electron chi connectivity index (χ1n) is 5.73. The van der Waals surface area contributed by atoms with Gasteiger partial charge in [-0.2, -0.15) is 4.98 Å². The number of carbonyl (C=O) groups excluding carboxylic acids is 1. The van der Waals surface area contributed by atoms with Crippen molar-refractivity contribution in [2.75, 3.05) is 12.8 Å². The number of nitrogen functional groups attached to an aromatic ring is 1. The molecule has 1 aromatic heterocycles. The summed E-state index contributed by atoms with van der Waals surface area (Å²) < 4.78 is 5.25. The second kappa shape index (κ2) is 5.38. The van der Waals surface area contributed by atoms with Crippen LogP contribution in [0.5, 0.6) is 5.75 Å². The van der Waals surface area contributed by atoms with E-state index in [0.717, 1.165) is 5.56 Å². The van der Waals surface area contributed by atoms with Crippen molar-refractivity contribution in [3.8, 4) is 5.75 Å². The van der Waals surface area contributed by atoms with Crippen LogP contribution >= 0.6 is 0 Å². The Morgan fingerprint density at radius 2 is 2.21 bits per heavy atom. The van der Waals surface area contributed by atoms with Gasteiger partial charge in [-0.15, -0.1) is 5.10 Å². The van der Waals surface area contributed by atoms with Gasteiger partial charge >= 0.3 is 0 Å². The Balaban J connectivity index is 2.12. The molecule has 2 aromatic rings. The minimum atomic E-state index is -0.373. The van der Waals surface area contributed by atoms with E-state index in [2.05, 4.69) is 20.5 Å². The molecule has 0 radical (unpaired) electrons. The van der Waals surface area contributed by atoms with E-state index in [1.54, 1.807) is 7.11 Å². The number of H-pyrrole nitrogens is 1. The van der Waals surface area contributed by atoms with Gasteiger partial charge in [-0.1, -0.05) is 18.2 Å². The second-order valence-corrected chi connectivity index (χ2v) is 3.98. The van der Waals surface area contributed by atoms with Crippen molar-refractivity contribution in [3.05, 3.63) is 35.7 Å². The molecule has 1 amide bonds. The number of amides is 1. The standard InChI is InChI=1S/C12H15N5O2/c1-7(8-5-3-4-6-9(8)19-2)14-11(18)10-15-12(13)17-16-10/h3-7H,1-2H3,(H,14,18)(H3,13,15,16,17)/t7-/m1/s1. The first-order valence-corrected chi connectivity index (χ1v) is 5.73. The van der Waals surface area contributed by atoms with Crippen molar-refractivity contribution in [1.82, 2.24) is 20.5 Å². The molecular weight excluding hydrogens is 246 g/mol. The minimum absolute atomic E-state index is 0.0371. The molecule has 2 rings (SSSR count). The summed E-state index contributed by atoms with van der Waals surface area (Å²) in [6.45, 7) is 1.86. The van der Waals surface area contributed by atoms with Crippen molar-refractivity contribution >= 4 is 11.9 Å². The van der Waals surface area contributed by atoms with Crippen molar-refractivity contribution in [3.63, 3.8) is 0 Å². The maximum atomic E-state index is 11.9. The number of nitrogens with two attached hydrogens (primary N) is 1. The molecule has 0 saturated heterocycles. The summed E-state index contributed by atoms with van der Waals surface area (Å²) in [5.41, 5.74) is 6.23. The first kappa shape index (κ1) is 12.9. The fraction of sp³-hybridized carbons (Fsp3) is 0.250. The molecule has 0 saturated carbocycles. The predicted molar refractivity (Wildman–Crippen MR) is 69.7 cm³/mol. The van der Waals surface area contributed by atoms with Crippen LogP contribution in [0.2, 0.25) is 0 Å². The van der Waals surface area contributed by atoms with Gasteiger partial charge in [-0.25, -0.2) is 0 Å². The Morgan fingerprint density at radius 1 is 1.47 bits per heavy atom. The molecule has 0 fully saturated rings. The lowest BCUT2D eigenvalue weighted by Crippen LogP contribution is -2.27. The van der Waals surface area contributed by atoms with E-state index in [-0.39, 0.29) is 23.7 Å². The molecule has 1 heterocycles. The number of aromatic amines is 1. The molecule has 0 aliphatic heterocycles. The molecule has 0 aliphatic carbocycles. The number of hydrogen-bond acceptors (Lipinski definition) is 5. The number of anilines is 1. The third kappa shape index (κ3) is 2.82. The average molecular weight is 261 g/mol. The van der Waals surface area contributed by atoms with Crippen LogP contribution in [0.25, 0.3) is 0 Å². The molecule has 19 heavy (non-hydrogen) atoms. The summed E-state index contributed by atoms with van der Waals surface area (Å²) in [7, 11) is 1.59. The molecule has 7 heteroatoms. The molecule has 0 aliphatic rings. The molecule has 1 atom stereocenters. The number of rotatable bonds is 4. The third-order valence-electron chi connectivity index (χ3n) is 2.67. The summed E-state index contributed by atoms with van der Waals surface area (Å²) in [6, 6.07) is 7.25. The second-order valence-electron chi connectivity index (χ2n) is 3.98. The van der Waals surface area contributed by atoms with Crippen molar-refractivity contribution < 1.29 is 9.53 Å². The monoisotopic (exact) mass is 261 g/mol. The maximum Gasteiger partial charge on any atom is 0.289 e. The number of carbonyl (C=O) groups is 1. The van der Waals surface area contributed by atoms with E-state index >= 15 is 0 Å². The molecular formula is C12H15N5O2. The lowest BCUT2D eigenvalue weighted by Gasteiger charge is -2.16. The number of nitrogens with zero attached hydrogens (tertiary/aromatic N) is 2.